The summed E-state index contributed by atoms with van der Waals surface area (Å²) in [6.07, 6.45) is -6.89. The number of nitrogens with zero attached hydrogens (tertiary/aromatic N) is 5. The number of carbonyl (C=O) groups is 1. The summed E-state index contributed by atoms with van der Waals surface area (Å²) in [5, 5.41) is 0. The van der Waals surface area contributed by atoms with E-state index in [0.29, 0.717) is 77.6 Å². The number of anilines is 2. The van der Waals surface area contributed by atoms with Gasteiger partial charge in [-0.1, -0.05) is 7.43 Å². The molecule has 0 atom stereocenters. The zero-order valence-corrected chi connectivity index (χ0v) is 20.2. The van der Waals surface area contributed by atoms with Crippen molar-refractivity contribution in [1.82, 2.24) is 14.8 Å². The van der Waals surface area contributed by atoms with Crippen LogP contribution in [0.15, 0.2) is 42.6 Å². The van der Waals surface area contributed by atoms with Crippen molar-refractivity contribution in [2.45, 2.75) is 32.6 Å². The Balaban J connectivity index is 0.00000400. The first-order valence-electron chi connectivity index (χ1n) is 12.2. The van der Waals surface area contributed by atoms with Gasteiger partial charge in [-0.2, -0.15) is 26.3 Å². The molecule has 4 rings (SSSR count). The van der Waals surface area contributed by atoms with Crippen LogP contribution in [0.4, 0.5) is 37.8 Å². The van der Waals surface area contributed by atoms with Crippen LogP contribution >= 0.6 is 0 Å². The fourth-order valence-electron chi connectivity index (χ4n) is 4.64. The molecule has 38 heavy (non-hydrogen) atoms. The molecule has 0 bridgehead atoms. The lowest BCUT2D eigenvalue weighted by Gasteiger charge is -2.36. The molecule has 0 spiro atoms. The minimum Gasteiger partial charge on any atom is -0.369 e. The smallest absolute Gasteiger partial charge is 0.369 e. The molecule has 2 aromatic rings. The Kier molecular flexibility index (Phi) is 9.50. The van der Waals surface area contributed by atoms with E-state index in [2.05, 4.69) is 9.88 Å². The highest BCUT2D eigenvalue weighted by atomic mass is 19.4. The maximum Gasteiger partial charge on any atom is 0.417 e. The Morgan fingerprint density at radius 2 is 1.34 bits per heavy atom. The Labute approximate surface area is 218 Å². The van der Waals surface area contributed by atoms with Crippen LogP contribution in [0.5, 0.6) is 0 Å². The van der Waals surface area contributed by atoms with Gasteiger partial charge in [0.05, 0.1) is 11.1 Å². The molecule has 2 aliphatic rings. The normalized spacial score (nSPS) is 17.7. The van der Waals surface area contributed by atoms with Crippen LogP contribution < -0.4 is 9.80 Å². The molecule has 0 radical (unpaired) electrons. The van der Waals surface area contributed by atoms with E-state index in [1.807, 2.05) is 9.80 Å². The summed E-state index contributed by atoms with van der Waals surface area (Å²) in [5.41, 5.74) is -0.705. The van der Waals surface area contributed by atoms with Crippen LogP contribution in [-0.2, 0) is 17.1 Å². The van der Waals surface area contributed by atoms with E-state index in [4.69, 9.17) is 0 Å². The lowest BCUT2D eigenvalue weighted by Crippen LogP contribution is -2.47. The molecule has 12 heteroatoms. The fraction of sp³-hybridized carbons (Fsp3) is 0.538. The number of aromatic nitrogens is 1. The minimum absolute atomic E-state index is 0. The van der Waals surface area contributed by atoms with Crippen LogP contribution in [0.1, 0.15) is 31.4 Å². The van der Waals surface area contributed by atoms with E-state index in [-0.39, 0.29) is 13.3 Å². The molecule has 0 N–H and O–H groups in total. The molecule has 1 amide bonds. The van der Waals surface area contributed by atoms with Gasteiger partial charge in [0, 0.05) is 77.2 Å². The number of alkyl halides is 6. The molecule has 6 nitrogen and oxygen atoms in total. The van der Waals surface area contributed by atoms with E-state index in [1.54, 1.807) is 4.90 Å². The van der Waals surface area contributed by atoms with Crippen molar-refractivity contribution in [1.29, 1.82) is 0 Å². The van der Waals surface area contributed by atoms with Crippen LogP contribution in [-0.4, -0.2) is 79.6 Å². The summed E-state index contributed by atoms with van der Waals surface area (Å²) in [4.78, 5) is 24.7. The van der Waals surface area contributed by atoms with Crippen molar-refractivity contribution < 1.29 is 31.1 Å². The molecule has 210 valence electrons. The topological polar surface area (TPSA) is 42.9 Å². The molecule has 1 aromatic carbocycles. The van der Waals surface area contributed by atoms with Gasteiger partial charge in [-0.25, -0.2) is 4.98 Å². The summed E-state index contributed by atoms with van der Waals surface area (Å²) in [7, 11) is 0. The van der Waals surface area contributed by atoms with E-state index < -0.39 is 23.5 Å². The molecule has 0 aliphatic carbocycles. The van der Waals surface area contributed by atoms with Crippen molar-refractivity contribution in [3.05, 3.63) is 53.7 Å². The first-order valence-corrected chi connectivity index (χ1v) is 12.2. The highest BCUT2D eigenvalue weighted by Crippen LogP contribution is 2.31. The number of halogens is 6. The van der Waals surface area contributed by atoms with Crippen LogP contribution in [0.3, 0.4) is 0 Å². The summed E-state index contributed by atoms with van der Waals surface area (Å²) in [6, 6.07) is 7.56. The monoisotopic (exact) mass is 545 g/mol. The summed E-state index contributed by atoms with van der Waals surface area (Å²) >= 11 is 0. The summed E-state index contributed by atoms with van der Waals surface area (Å²) in [6.45, 7) is 5.51. The average Bonchev–Trinajstić information content (AvgIpc) is 3.13. The summed E-state index contributed by atoms with van der Waals surface area (Å²) < 4.78 is 76.7. The zero-order chi connectivity index (χ0) is 26.6. The van der Waals surface area contributed by atoms with Gasteiger partial charge in [-0.15, -0.1) is 0 Å². The standard InChI is InChI=1S/C25H29F6N5O.CH4/c26-24(27,28)19-2-5-21(6-3-19)34-14-12-33(13-15-34)11-8-23(37)36-10-1-9-35(16-17-36)22-7-4-20(18-32-22)25(29,30)31;/h2-7,18H,1,8-17H2;1H4. The van der Waals surface area contributed by atoms with Gasteiger partial charge in [-0.3, -0.25) is 9.69 Å². The lowest BCUT2D eigenvalue weighted by molar-refractivity contribution is -0.138. The molecule has 1 aromatic heterocycles. The molecule has 2 aliphatic heterocycles. The third kappa shape index (κ3) is 7.52. The van der Waals surface area contributed by atoms with E-state index in [9.17, 15) is 31.1 Å². The zero-order valence-electron chi connectivity index (χ0n) is 20.2. The van der Waals surface area contributed by atoms with Gasteiger partial charge < -0.3 is 14.7 Å². The van der Waals surface area contributed by atoms with E-state index in [1.165, 1.54) is 18.2 Å². The first kappa shape index (κ1) is 29.5. The fourth-order valence-corrected chi connectivity index (χ4v) is 4.64. The Bertz CT molecular complexity index is 1030. The molecule has 3 heterocycles. The quantitative estimate of drug-likeness (QED) is 0.495. The number of piperazine rings is 1. The predicted molar refractivity (Wildman–Crippen MR) is 134 cm³/mol. The van der Waals surface area contributed by atoms with Crippen molar-refractivity contribution in [2.24, 2.45) is 0 Å². The van der Waals surface area contributed by atoms with Crippen LogP contribution in [0.2, 0.25) is 0 Å². The molecule has 0 unspecified atom stereocenters. The van der Waals surface area contributed by atoms with Crippen molar-refractivity contribution in [3.63, 3.8) is 0 Å². The van der Waals surface area contributed by atoms with Crippen molar-refractivity contribution in [2.75, 3.05) is 68.7 Å². The Hall–Kier alpha value is -3.02. The SMILES string of the molecule is C.O=C(CCN1CCN(c2ccc(C(F)(F)F)cc2)CC1)N1CCCN(c2ccc(C(F)(F)F)cn2)CC1. The first-order chi connectivity index (χ1) is 17.5. The number of benzene rings is 1. The largest absolute Gasteiger partial charge is 0.417 e. The van der Waals surface area contributed by atoms with Crippen molar-refractivity contribution in [3.8, 4) is 0 Å². The minimum atomic E-state index is -4.43. The second kappa shape index (κ2) is 12.2. The number of carbonyl (C=O) groups excluding carboxylic acids is 1. The van der Waals surface area contributed by atoms with Gasteiger partial charge in [-0.05, 0) is 42.8 Å². The van der Waals surface area contributed by atoms with E-state index in [0.717, 1.165) is 30.1 Å². The van der Waals surface area contributed by atoms with Crippen LogP contribution in [0, 0.1) is 0 Å². The van der Waals surface area contributed by atoms with Gasteiger partial charge in [0.15, 0.2) is 0 Å². The van der Waals surface area contributed by atoms with E-state index >= 15 is 0 Å². The maximum atomic E-state index is 12.8. The second-order valence-electron chi connectivity index (χ2n) is 9.25. The van der Waals surface area contributed by atoms with Crippen molar-refractivity contribution >= 4 is 17.4 Å². The predicted octanol–water partition coefficient (Wildman–Crippen LogP) is 5.01. The molecular formula is C26H33F6N5O. The molecular weight excluding hydrogens is 512 g/mol. The molecule has 0 saturated carbocycles. The number of amides is 1. The van der Waals surface area contributed by atoms with Gasteiger partial charge in [0.2, 0.25) is 5.91 Å². The molecule has 2 fully saturated rings. The van der Waals surface area contributed by atoms with Gasteiger partial charge in [0.1, 0.15) is 5.82 Å². The number of hydrogen-bond acceptors (Lipinski definition) is 5. The highest BCUT2D eigenvalue weighted by molar-refractivity contribution is 5.76. The third-order valence-corrected chi connectivity index (χ3v) is 6.82. The second-order valence-corrected chi connectivity index (χ2v) is 9.25. The lowest BCUT2D eigenvalue weighted by atomic mass is 10.1. The Morgan fingerprint density at radius 1 is 0.737 bits per heavy atom. The number of pyridine rings is 1. The highest BCUT2D eigenvalue weighted by Gasteiger charge is 2.32. The molecule has 2 saturated heterocycles. The number of rotatable bonds is 5. The van der Waals surface area contributed by atoms with Gasteiger partial charge >= 0.3 is 12.4 Å². The van der Waals surface area contributed by atoms with Crippen LogP contribution in [0.25, 0.3) is 0 Å². The van der Waals surface area contributed by atoms with Gasteiger partial charge in [0.25, 0.3) is 0 Å². The maximum absolute atomic E-state index is 12.8. The average molecular weight is 546 g/mol. The number of hydrogen-bond donors (Lipinski definition) is 0. The summed E-state index contributed by atoms with van der Waals surface area (Å²) in [5.74, 6) is 0.501. The Morgan fingerprint density at radius 3 is 1.92 bits per heavy atom. The third-order valence-electron chi connectivity index (χ3n) is 6.82.